The van der Waals surface area contributed by atoms with Crippen LogP contribution < -0.4 is 10.2 Å². The van der Waals surface area contributed by atoms with E-state index in [1.807, 2.05) is 24.4 Å². The van der Waals surface area contributed by atoms with Gasteiger partial charge in [0.15, 0.2) is 5.82 Å². The standard InChI is InChI=1S/C24H28N6O2S2/c1-34(31)17-13-19(18-2-3-26-21(18)14-17)22-27-23(30-8-10-32-11-9-30)20-12-16(33-24(20)28-22)15-29-6-4-25-5-7-29/h2-3,12-14,25-26H,4-11,15H2,1H3. The van der Waals surface area contributed by atoms with E-state index in [0.717, 1.165) is 83.2 Å². The summed E-state index contributed by atoms with van der Waals surface area (Å²) in [6.45, 7) is 8.16. The van der Waals surface area contributed by atoms with Gasteiger partial charge in [-0.1, -0.05) is 0 Å². The van der Waals surface area contributed by atoms with Crippen LogP contribution in [0.25, 0.3) is 32.5 Å². The van der Waals surface area contributed by atoms with E-state index in [0.29, 0.717) is 19.0 Å². The Morgan fingerprint density at radius 3 is 2.71 bits per heavy atom. The number of nitrogens with zero attached hydrogens (tertiary/aromatic N) is 4. The SMILES string of the molecule is CS(=O)c1cc(-c2nc(N3CCOCC3)c3cc(CN4CCNCC4)sc3n2)c2cc[nH]c2c1. The molecule has 3 aromatic heterocycles. The molecule has 0 spiro atoms. The number of morpholine rings is 1. The molecule has 8 nitrogen and oxygen atoms in total. The quantitative estimate of drug-likeness (QED) is 0.439. The van der Waals surface area contributed by atoms with Crippen LogP contribution in [-0.2, 0) is 22.1 Å². The topological polar surface area (TPSA) is 86.4 Å². The number of piperazine rings is 1. The first-order valence-corrected chi connectivity index (χ1v) is 14.0. The molecule has 5 heterocycles. The van der Waals surface area contributed by atoms with Crippen LogP contribution in [0.15, 0.2) is 35.4 Å². The first-order chi connectivity index (χ1) is 16.7. The van der Waals surface area contributed by atoms with Crippen LogP contribution in [-0.4, -0.2) is 82.8 Å². The molecule has 2 aliphatic rings. The number of hydrogen-bond donors (Lipinski definition) is 2. The van der Waals surface area contributed by atoms with Crippen LogP contribution in [0.4, 0.5) is 5.82 Å². The van der Waals surface area contributed by atoms with Crippen molar-refractivity contribution in [3.05, 3.63) is 35.3 Å². The molecule has 1 unspecified atom stereocenters. The molecule has 1 aromatic carbocycles. The van der Waals surface area contributed by atoms with Crippen molar-refractivity contribution in [2.24, 2.45) is 0 Å². The Morgan fingerprint density at radius 1 is 1.09 bits per heavy atom. The normalized spacial score (nSPS) is 18.7. The van der Waals surface area contributed by atoms with Crippen LogP contribution in [0.5, 0.6) is 0 Å². The fraction of sp³-hybridized carbons (Fsp3) is 0.417. The highest BCUT2D eigenvalue weighted by molar-refractivity contribution is 7.84. The average molecular weight is 497 g/mol. The van der Waals surface area contributed by atoms with Gasteiger partial charge in [-0.25, -0.2) is 9.97 Å². The van der Waals surface area contributed by atoms with Gasteiger partial charge in [0.1, 0.15) is 10.6 Å². The largest absolute Gasteiger partial charge is 0.378 e. The predicted octanol–water partition coefficient (Wildman–Crippen LogP) is 2.82. The third kappa shape index (κ3) is 4.25. The van der Waals surface area contributed by atoms with Gasteiger partial charge in [-0.15, -0.1) is 11.3 Å². The lowest BCUT2D eigenvalue weighted by Crippen LogP contribution is -2.42. The summed E-state index contributed by atoms with van der Waals surface area (Å²) < 4.78 is 18.0. The summed E-state index contributed by atoms with van der Waals surface area (Å²) >= 11 is 1.76. The molecule has 0 amide bonds. The summed E-state index contributed by atoms with van der Waals surface area (Å²) in [6, 6.07) is 8.25. The second kappa shape index (κ2) is 9.35. The lowest BCUT2D eigenvalue weighted by atomic mass is 10.1. The Hall–Kier alpha value is -2.37. The summed E-state index contributed by atoms with van der Waals surface area (Å²) in [4.78, 5) is 21.3. The van der Waals surface area contributed by atoms with Crippen LogP contribution in [0.2, 0.25) is 0 Å². The fourth-order valence-electron chi connectivity index (χ4n) is 4.75. The summed E-state index contributed by atoms with van der Waals surface area (Å²) in [6.07, 6.45) is 3.62. The van der Waals surface area contributed by atoms with Crippen molar-refractivity contribution in [3.63, 3.8) is 0 Å². The number of hydrogen-bond acceptors (Lipinski definition) is 8. The number of thiophene rings is 1. The third-order valence-electron chi connectivity index (χ3n) is 6.54. The summed E-state index contributed by atoms with van der Waals surface area (Å²) in [5.41, 5.74) is 1.86. The number of aromatic nitrogens is 3. The lowest BCUT2D eigenvalue weighted by molar-refractivity contribution is 0.122. The number of anilines is 1. The fourth-order valence-corrected chi connectivity index (χ4v) is 6.38. The molecule has 0 aliphatic carbocycles. The van der Waals surface area contributed by atoms with Gasteiger partial charge in [0.2, 0.25) is 0 Å². The zero-order valence-electron chi connectivity index (χ0n) is 19.2. The van der Waals surface area contributed by atoms with Crippen molar-refractivity contribution in [1.29, 1.82) is 0 Å². The van der Waals surface area contributed by atoms with E-state index >= 15 is 0 Å². The Labute approximate surface area is 204 Å². The number of fused-ring (bicyclic) bond motifs is 2. The minimum absolute atomic E-state index is 0.682. The van der Waals surface area contributed by atoms with Gasteiger partial charge in [0.25, 0.3) is 0 Å². The van der Waals surface area contributed by atoms with Gasteiger partial charge in [0, 0.05) is 95.3 Å². The van der Waals surface area contributed by atoms with Crippen molar-refractivity contribution in [3.8, 4) is 11.4 Å². The van der Waals surface area contributed by atoms with Gasteiger partial charge in [0.05, 0.1) is 18.6 Å². The van der Waals surface area contributed by atoms with Crippen LogP contribution in [0, 0.1) is 0 Å². The molecule has 4 aromatic rings. The third-order valence-corrected chi connectivity index (χ3v) is 8.45. The van der Waals surface area contributed by atoms with Crippen molar-refractivity contribution in [2.75, 3.05) is 63.6 Å². The second-order valence-electron chi connectivity index (χ2n) is 8.79. The number of rotatable bonds is 5. The van der Waals surface area contributed by atoms with Gasteiger partial charge >= 0.3 is 0 Å². The minimum Gasteiger partial charge on any atom is -0.378 e. The molecule has 10 heteroatoms. The van der Waals surface area contributed by atoms with E-state index < -0.39 is 10.8 Å². The molecule has 0 bridgehead atoms. The zero-order chi connectivity index (χ0) is 23.1. The molecular weight excluding hydrogens is 468 g/mol. The molecule has 2 aliphatic heterocycles. The molecule has 178 valence electrons. The maximum atomic E-state index is 12.3. The molecule has 2 N–H and O–H groups in total. The first-order valence-electron chi connectivity index (χ1n) is 11.7. The smallest absolute Gasteiger partial charge is 0.163 e. The number of ether oxygens (including phenoxy) is 1. The Balaban J connectivity index is 1.49. The highest BCUT2D eigenvalue weighted by Gasteiger charge is 2.22. The molecule has 34 heavy (non-hydrogen) atoms. The number of aromatic amines is 1. The van der Waals surface area contributed by atoms with Gasteiger partial charge in [-0.2, -0.15) is 0 Å². The number of H-pyrrole nitrogens is 1. The molecule has 1 atom stereocenters. The maximum absolute atomic E-state index is 12.3. The average Bonchev–Trinajstić information content (AvgIpc) is 3.50. The summed E-state index contributed by atoms with van der Waals surface area (Å²) in [5.74, 6) is 1.65. The summed E-state index contributed by atoms with van der Waals surface area (Å²) in [7, 11) is -1.10. The van der Waals surface area contributed by atoms with Crippen molar-refractivity contribution >= 4 is 49.1 Å². The monoisotopic (exact) mass is 496 g/mol. The van der Waals surface area contributed by atoms with E-state index in [-0.39, 0.29) is 0 Å². The zero-order valence-corrected chi connectivity index (χ0v) is 20.8. The van der Waals surface area contributed by atoms with E-state index in [4.69, 9.17) is 14.7 Å². The van der Waals surface area contributed by atoms with Crippen LogP contribution in [0.3, 0.4) is 0 Å². The molecule has 0 saturated carbocycles. The van der Waals surface area contributed by atoms with Crippen molar-refractivity contribution in [2.45, 2.75) is 11.4 Å². The highest BCUT2D eigenvalue weighted by Crippen LogP contribution is 2.36. The highest BCUT2D eigenvalue weighted by atomic mass is 32.2. The molecular formula is C24H28N6O2S2. The Morgan fingerprint density at radius 2 is 1.91 bits per heavy atom. The van der Waals surface area contributed by atoms with E-state index in [2.05, 4.69) is 26.2 Å². The Bertz CT molecular complexity index is 1350. The van der Waals surface area contributed by atoms with Crippen LogP contribution in [0.1, 0.15) is 4.88 Å². The molecule has 6 rings (SSSR count). The van der Waals surface area contributed by atoms with Crippen molar-refractivity contribution < 1.29 is 8.95 Å². The Kier molecular flexibility index (Phi) is 6.08. The second-order valence-corrected chi connectivity index (χ2v) is 11.3. The number of nitrogens with one attached hydrogen (secondary N) is 2. The van der Waals surface area contributed by atoms with E-state index in [1.165, 1.54) is 4.88 Å². The molecule has 2 saturated heterocycles. The van der Waals surface area contributed by atoms with E-state index in [1.54, 1.807) is 17.6 Å². The molecule has 0 radical (unpaired) electrons. The lowest BCUT2D eigenvalue weighted by Gasteiger charge is -2.28. The van der Waals surface area contributed by atoms with Crippen molar-refractivity contribution in [1.82, 2.24) is 25.2 Å². The van der Waals surface area contributed by atoms with Crippen LogP contribution >= 0.6 is 11.3 Å². The number of benzene rings is 1. The predicted molar refractivity (Wildman–Crippen MR) is 138 cm³/mol. The molecule has 2 fully saturated rings. The van der Waals surface area contributed by atoms with Gasteiger partial charge in [-0.3, -0.25) is 9.11 Å². The van der Waals surface area contributed by atoms with Gasteiger partial charge in [-0.05, 0) is 24.3 Å². The maximum Gasteiger partial charge on any atom is 0.163 e. The summed E-state index contributed by atoms with van der Waals surface area (Å²) in [5, 5.41) is 5.58. The minimum atomic E-state index is -1.10. The van der Waals surface area contributed by atoms with E-state index in [9.17, 15) is 4.21 Å². The van der Waals surface area contributed by atoms with Gasteiger partial charge < -0.3 is 19.9 Å². The first kappa shape index (κ1) is 22.1.